The van der Waals surface area contributed by atoms with Crippen LogP contribution in [0.15, 0.2) is 299 Å². The standard InChI is InChI=1S/C77H56N4S2/c1-3-78-73-41-35-53(45-65(73)67-49-59(37-43-75(67)78)82-57-25-13-7-14-26-57)80(51-21-9-5-10-22-51)55-33-39-63-64-40-34-56(48-72(64)77(71(63)47-55)69-31-19-17-29-61(69)62-30-18-20-32-70(62)77)81(52-23-11-6-12-24-52)54-36-42-74-66(46-54)68-50-60(38-44-76(68)79(74)4-2)83-58-27-15-8-16-28-58/h5-50H,3-4H2,1-2H3. The minimum Gasteiger partial charge on any atom is -0.341 e. The Bertz CT molecular complexity index is 4530. The van der Waals surface area contributed by atoms with E-state index in [0.29, 0.717) is 0 Å². The van der Waals surface area contributed by atoms with Crippen LogP contribution < -0.4 is 9.80 Å². The van der Waals surface area contributed by atoms with Crippen LogP contribution in [0.3, 0.4) is 0 Å². The lowest BCUT2D eigenvalue weighted by molar-refractivity contribution is 0.793. The summed E-state index contributed by atoms with van der Waals surface area (Å²) in [4.78, 5) is 9.87. The maximum atomic E-state index is 2.52. The van der Waals surface area contributed by atoms with Gasteiger partial charge in [-0.05, 0) is 204 Å². The van der Waals surface area contributed by atoms with Crippen molar-refractivity contribution >= 4 is 101 Å². The lowest BCUT2D eigenvalue weighted by Crippen LogP contribution is -2.26. The molecule has 0 radical (unpaired) electrons. The molecular weight excluding hydrogens is 1050 g/mol. The molecule has 2 aliphatic rings. The minimum absolute atomic E-state index is 0.620. The average molecular weight is 1100 g/mol. The number of aryl methyl sites for hydroxylation is 2. The Balaban J connectivity index is 0.882. The first-order valence-corrected chi connectivity index (χ1v) is 30.5. The molecule has 83 heavy (non-hydrogen) atoms. The quantitative estimate of drug-likeness (QED) is 0.121. The van der Waals surface area contributed by atoms with Crippen LogP contribution in [0.4, 0.5) is 34.1 Å². The van der Waals surface area contributed by atoms with E-state index in [4.69, 9.17) is 0 Å². The van der Waals surface area contributed by atoms with Gasteiger partial charge in [0, 0.05) is 110 Å². The molecule has 0 saturated heterocycles. The van der Waals surface area contributed by atoms with Gasteiger partial charge in [0.25, 0.3) is 0 Å². The van der Waals surface area contributed by atoms with Crippen LogP contribution in [0, 0.1) is 0 Å². The Morgan fingerprint density at radius 2 is 0.602 bits per heavy atom. The van der Waals surface area contributed by atoms with Crippen LogP contribution in [0.25, 0.3) is 65.9 Å². The van der Waals surface area contributed by atoms with E-state index in [1.54, 1.807) is 0 Å². The predicted molar refractivity (Wildman–Crippen MR) is 351 cm³/mol. The largest absolute Gasteiger partial charge is 0.341 e. The van der Waals surface area contributed by atoms with Gasteiger partial charge in [-0.15, -0.1) is 0 Å². The van der Waals surface area contributed by atoms with E-state index in [2.05, 4.69) is 312 Å². The third-order valence-corrected chi connectivity index (χ3v) is 19.3. The lowest BCUT2D eigenvalue weighted by Gasteiger charge is -2.33. The summed E-state index contributed by atoms with van der Waals surface area (Å²) < 4.78 is 4.92. The van der Waals surface area contributed by atoms with E-state index in [1.807, 2.05) is 23.5 Å². The van der Waals surface area contributed by atoms with Crippen molar-refractivity contribution < 1.29 is 0 Å². The van der Waals surface area contributed by atoms with E-state index < -0.39 is 5.41 Å². The van der Waals surface area contributed by atoms with Gasteiger partial charge in [-0.25, -0.2) is 0 Å². The number of rotatable bonds is 12. The summed E-state index contributed by atoms with van der Waals surface area (Å²) in [5.41, 5.74) is 21.3. The predicted octanol–water partition coefficient (Wildman–Crippen LogP) is 21.5. The second kappa shape index (κ2) is 19.9. The second-order valence-corrected chi connectivity index (χ2v) is 24.0. The van der Waals surface area contributed by atoms with Gasteiger partial charge < -0.3 is 18.9 Å². The topological polar surface area (TPSA) is 16.3 Å². The molecule has 2 aromatic heterocycles. The maximum Gasteiger partial charge on any atom is 0.0727 e. The van der Waals surface area contributed by atoms with Crippen LogP contribution in [-0.4, -0.2) is 9.13 Å². The van der Waals surface area contributed by atoms with Crippen LogP contribution >= 0.6 is 23.5 Å². The van der Waals surface area contributed by atoms with Gasteiger partial charge in [-0.3, -0.25) is 0 Å². The van der Waals surface area contributed by atoms with Gasteiger partial charge >= 0.3 is 0 Å². The molecule has 12 aromatic carbocycles. The molecule has 0 fully saturated rings. The highest BCUT2D eigenvalue weighted by atomic mass is 32.2. The Morgan fingerprint density at radius 1 is 0.277 bits per heavy atom. The molecule has 396 valence electrons. The Morgan fingerprint density at radius 3 is 1.01 bits per heavy atom. The van der Waals surface area contributed by atoms with Gasteiger partial charge in [-0.2, -0.15) is 0 Å². The highest BCUT2D eigenvalue weighted by molar-refractivity contribution is 7.99. The first-order chi connectivity index (χ1) is 41.0. The number of benzene rings is 12. The monoisotopic (exact) mass is 1100 g/mol. The number of para-hydroxylation sites is 2. The molecule has 6 heteroatoms. The first-order valence-electron chi connectivity index (χ1n) is 28.8. The van der Waals surface area contributed by atoms with Crippen molar-refractivity contribution in [1.29, 1.82) is 0 Å². The van der Waals surface area contributed by atoms with E-state index >= 15 is 0 Å². The van der Waals surface area contributed by atoms with Crippen LogP contribution in [0.1, 0.15) is 36.1 Å². The Labute approximate surface area is 492 Å². The van der Waals surface area contributed by atoms with Gasteiger partial charge in [-0.1, -0.05) is 157 Å². The smallest absolute Gasteiger partial charge is 0.0727 e. The molecule has 0 saturated carbocycles. The molecule has 1 spiro atoms. The highest BCUT2D eigenvalue weighted by Gasteiger charge is 2.52. The zero-order chi connectivity index (χ0) is 55.2. The molecule has 2 aliphatic carbocycles. The summed E-state index contributed by atoms with van der Waals surface area (Å²) >= 11 is 3.63. The summed E-state index contributed by atoms with van der Waals surface area (Å²) in [7, 11) is 0. The molecule has 14 aromatic rings. The van der Waals surface area contributed by atoms with Crippen LogP contribution in [0.2, 0.25) is 0 Å². The summed E-state index contributed by atoms with van der Waals surface area (Å²) in [6.45, 7) is 6.26. The van der Waals surface area contributed by atoms with Crippen molar-refractivity contribution in [1.82, 2.24) is 9.13 Å². The summed E-state index contributed by atoms with van der Waals surface area (Å²) in [6.07, 6.45) is 0. The fourth-order valence-electron chi connectivity index (χ4n) is 13.9. The zero-order valence-electron chi connectivity index (χ0n) is 46.1. The number of nitrogens with zero attached hydrogens (tertiary/aromatic N) is 4. The fraction of sp³-hybridized carbons (Fsp3) is 0.0649. The molecule has 0 unspecified atom stereocenters. The SMILES string of the molecule is CCn1c2ccc(Sc3ccccc3)cc2c2cc(N(c3ccccc3)c3ccc4c(c3)C3(c5ccccc5-c5ccccc53)c3cc(N(c5ccccc5)c5ccc6c(c5)c5cc(Sc7ccccc7)ccc5n6CC)ccc3-4)ccc21. The lowest BCUT2D eigenvalue weighted by atomic mass is 9.70. The summed E-state index contributed by atoms with van der Waals surface area (Å²) in [6, 6.07) is 104. The number of anilines is 6. The van der Waals surface area contributed by atoms with Crippen molar-refractivity contribution in [3.05, 3.63) is 301 Å². The molecular formula is C77H56N4S2. The van der Waals surface area contributed by atoms with E-state index in [0.717, 1.165) is 47.2 Å². The second-order valence-electron chi connectivity index (χ2n) is 21.7. The first kappa shape index (κ1) is 49.4. The van der Waals surface area contributed by atoms with E-state index in [-0.39, 0.29) is 0 Å². The zero-order valence-corrected chi connectivity index (χ0v) is 47.7. The summed E-state index contributed by atoms with van der Waals surface area (Å²) in [5.74, 6) is 0. The Hall–Kier alpha value is -9.46. The summed E-state index contributed by atoms with van der Waals surface area (Å²) in [5, 5.41) is 5.02. The molecule has 2 heterocycles. The van der Waals surface area contributed by atoms with Crippen molar-refractivity contribution in [2.45, 2.75) is 51.9 Å². The number of hydrogen-bond acceptors (Lipinski definition) is 4. The van der Waals surface area contributed by atoms with Crippen molar-refractivity contribution in [3.8, 4) is 22.3 Å². The third-order valence-electron chi connectivity index (χ3n) is 17.3. The van der Waals surface area contributed by atoms with Gasteiger partial charge in [0.15, 0.2) is 0 Å². The van der Waals surface area contributed by atoms with Crippen LogP contribution in [0.5, 0.6) is 0 Å². The number of fused-ring (bicyclic) bond motifs is 16. The molecule has 0 N–H and O–H groups in total. The molecule has 16 rings (SSSR count). The average Bonchev–Trinajstić information content (AvgIpc) is 1.63. The van der Waals surface area contributed by atoms with E-state index in [9.17, 15) is 0 Å². The molecule has 0 atom stereocenters. The molecule has 4 nitrogen and oxygen atoms in total. The fourth-order valence-corrected chi connectivity index (χ4v) is 15.7. The van der Waals surface area contributed by atoms with Gasteiger partial charge in [0.1, 0.15) is 0 Å². The molecule has 0 amide bonds. The number of hydrogen-bond donors (Lipinski definition) is 0. The van der Waals surface area contributed by atoms with Crippen molar-refractivity contribution in [3.63, 3.8) is 0 Å². The van der Waals surface area contributed by atoms with Crippen molar-refractivity contribution in [2.75, 3.05) is 9.80 Å². The van der Waals surface area contributed by atoms with Crippen molar-refractivity contribution in [2.24, 2.45) is 0 Å². The third kappa shape index (κ3) is 7.84. The number of aromatic nitrogens is 2. The Kier molecular flexibility index (Phi) is 11.8. The normalized spacial score (nSPS) is 12.7. The minimum atomic E-state index is -0.620. The van der Waals surface area contributed by atoms with E-state index in [1.165, 1.54) is 108 Å². The van der Waals surface area contributed by atoms with Gasteiger partial charge in [0.05, 0.1) is 5.41 Å². The molecule has 0 aliphatic heterocycles. The maximum absolute atomic E-state index is 2.52. The highest BCUT2D eigenvalue weighted by Crippen LogP contribution is 2.64. The molecule has 0 bridgehead atoms. The van der Waals surface area contributed by atoms with Gasteiger partial charge in [0.2, 0.25) is 0 Å². The van der Waals surface area contributed by atoms with Crippen LogP contribution in [-0.2, 0) is 18.5 Å².